The molecule has 2 rings (SSSR count). The molecule has 2 aromatic heterocycles. The Kier molecular flexibility index (Phi) is 4.94. The second-order valence-corrected chi connectivity index (χ2v) is 5.27. The van der Waals surface area contributed by atoms with E-state index in [9.17, 15) is 9.59 Å². The van der Waals surface area contributed by atoms with E-state index < -0.39 is 5.97 Å². The number of carbonyl (C=O) groups excluding carboxylic acids is 1. The lowest BCUT2D eigenvalue weighted by atomic mass is 10.2. The molecular formula is C15H15NO4S. The average molecular weight is 305 g/mol. The Bertz CT molecular complexity index is 669. The van der Waals surface area contributed by atoms with Crippen molar-refractivity contribution in [2.24, 2.45) is 0 Å². The predicted octanol–water partition coefficient (Wildman–Crippen LogP) is 2.93. The van der Waals surface area contributed by atoms with Crippen LogP contribution in [0, 0.1) is 0 Å². The fourth-order valence-electron chi connectivity index (χ4n) is 1.88. The quantitative estimate of drug-likeness (QED) is 0.804. The molecule has 5 nitrogen and oxygen atoms in total. The summed E-state index contributed by atoms with van der Waals surface area (Å²) in [7, 11) is 0. The molecular weight excluding hydrogens is 290 g/mol. The van der Waals surface area contributed by atoms with Crippen molar-refractivity contribution in [3.8, 4) is 0 Å². The van der Waals surface area contributed by atoms with Gasteiger partial charge >= 0.3 is 5.97 Å². The maximum absolute atomic E-state index is 12.1. The summed E-state index contributed by atoms with van der Waals surface area (Å²) in [6, 6.07) is 3.47. The molecule has 0 spiro atoms. The molecule has 0 aliphatic rings. The summed E-state index contributed by atoms with van der Waals surface area (Å²) in [6.07, 6.45) is 4.76. The van der Waals surface area contributed by atoms with Gasteiger partial charge in [-0.2, -0.15) is 0 Å². The summed E-state index contributed by atoms with van der Waals surface area (Å²) in [4.78, 5) is 23.5. The third-order valence-corrected chi connectivity index (χ3v) is 3.84. The predicted molar refractivity (Wildman–Crippen MR) is 80.2 cm³/mol. The summed E-state index contributed by atoms with van der Waals surface area (Å²) in [5, 5.41) is 13.3. The fraction of sp³-hybridized carbons (Fsp3) is 0.200. The third-order valence-electron chi connectivity index (χ3n) is 2.91. The molecule has 2 aromatic rings. The number of furan rings is 1. The van der Waals surface area contributed by atoms with Crippen molar-refractivity contribution in [2.75, 3.05) is 0 Å². The number of carboxylic acids is 1. The van der Waals surface area contributed by atoms with E-state index in [1.165, 1.54) is 23.7 Å². The Hall–Kier alpha value is -2.34. The zero-order valence-corrected chi connectivity index (χ0v) is 12.3. The van der Waals surface area contributed by atoms with Crippen molar-refractivity contribution in [3.63, 3.8) is 0 Å². The Morgan fingerprint density at radius 2 is 2.24 bits per heavy atom. The molecule has 2 N–H and O–H groups in total. The van der Waals surface area contributed by atoms with Crippen molar-refractivity contribution < 1.29 is 19.1 Å². The van der Waals surface area contributed by atoms with Crippen LogP contribution in [0.4, 0.5) is 0 Å². The second-order valence-electron chi connectivity index (χ2n) is 4.26. The van der Waals surface area contributed by atoms with Crippen LogP contribution < -0.4 is 5.32 Å². The number of rotatable bonds is 6. The molecule has 0 saturated heterocycles. The molecule has 0 atom stereocenters. The molecule has 6 heteroatoms. The average Bonchev–Trinajstić information content (AvgIpc) is 3.10. The van der Waals surface area contributed by atoms with Crippen LogP contribution in [0.25, 0.3) is 6.08 Å². The van der Waals surface area contributed by atoms with Crippen LogP contribution >= 0.6 is 11.3 Å². The molecule has 0 aliphatic carbocycles. The van der Waals surface area contributed by atoms with Gasteiger partial charge in [-0.05, 0) is 29.2 Å². The van der Waals surface area contributed by atoms with E-state index in [1.54, 1.807) is 6.07 Å². The van der Waals surface area contributed by atoms with Gasteiger partial charge in [0.1, 0.15) is 5.76 Å². The van der Waals surface area contributed by atoms with E-state index in [2.05, 4.69) is 5.32 Å². The van der Waals surface area contributed by atoms with E-state index >= 15 is 0 Å². The number of carbonyl (C=O) groups is 2. The van der Waals surface area contributed by atoms with Crippen molar-refractivity contribution in [1.29, 1.82) is 0 Å². The minimum atomic E-state index is -0.998. The number of thiophene rings is 1. The molecule has 1 amide bonds. The number of carboxylic acid groups (broad SMARTS) is 1. The Morgan fingerprint density at radius 1 is 1.43 bits per heavy atom. The van der Waals surface area contributed by atoms with Gasteiger partial charge in [0.15, 0.2) is 0 Å². The van der Waals surface area contributed by atoms with Gasteiger partial charge in [-0.15, -0.1) is 11.3 Å². The van der Waals surface area contributed by atoms with Crippen LogP contribution in [0.5, 0.6) is 0 Å². The van der Waals surface area contributed by atoms with Gasteiger partial charge in [-0.3, -0.25) is 4.79 Å². The summed E-state index contributed by atoms with van der Waals surface area (Å²) >= 11 is 1.47. The first-order chi connectivity index (χ1) is 10.1. The summed E-state index contributed by atoms with van der Waals surface area (Å²) in [5.74, 6) is -0.533. The third kappa shape index (κ3) is 3.82. The van der Waals surface area contributed by atoms with Crippen LogP contribution in [0.15, 0.2) is 34.3 Å². The van der Waals surface area contributed by atoms with Crippen LogP contribution in [0.1, 0.15) is 33.5 Å². The maximum Gasteiger partial charge on any atom is 0.328 e. The molecule has 0 aromatic carbocycles. The molecule has 0 unspecified atom stereocenters. The minimum Gasteiger partial charge on any atom is -0.478 e. The van der Waals surface area contributed by atoms with Crippen molar-refractivity contribution >= 4 is 29.3 Å². The largest absolute Gasteiger partial charge is 0.478 e. The summed E-state index contributed by atoms with van der Waals surface area (Å²) in [6.45, 7) is 2.27. The van der Waals surface area contributed by atoms with Gasteiger partial charge < -0.3 is 14.8 Å². The standard InChI is InChI=1S/C15H15NO4S/c1-2-12-11(5-7-20-12)15(19)16-9-13-10(6-8-21-13)3-4-14(17)18/h3-8H,2,9H2,1H3,(H,16,19)(H,17,18)/b4-3+. The minimum absolute atomic E-state index is 0.192. The van der Waals surface area contributed by atoms with E-state index in [1.807, 2.05) is 18.4 Å². The monoisotopic (exact) mass is 305 g/mol. The first kappa shape index (κ1) is 15.1. The highest BCUT2D eigenvalue weighted by Crippen LogP contribution is 2.19. The zero-order valence-electron chi connectivity index (χ0n) is 11.5. The van der Waals surface area contributed by atoms with Crippen LogP contribution in [0.3, 0.4) is 0 Å². The Morgan fingerprint density at radius 3 is 2.95 bits per heavy atom. The Labute approximate surface area is 125 Å². The van der Waals surface area contributed by atoms with Crippen LogP contribution in [0.2, 0.25) is 0 Å². The molecule has 0 aliphatic heterocycles. The normalized spacial score (nSPS) is 10.9. The van der Waals surface area contributed by atoms with E-state index in [-0.39, 0.29) is 5.91 Å². The zero-order chi connectivity index (χ0) is 15.2. The van der Waals surface area contributed by atoms with Gasteiger partial charge in [0.05, 0.1) is 18.4 Å². The number of nitrogens with one attached hydrogen (secondary N) is 1. The van der Waals surface area contributed by atoms with Gasteiger partial charge in [0.2, 0.25) is 0 Å². The lowest BCUT2D eigenvalue weighted by Crippen LogP contribution is -2.23. The van der Waals surface area contributed by atoms with Gasteiger partial charge in [0.25, 0.3) is 5.91 Å². The number of hydrogen-bond acceptors (Lipinski definition) is 4. The van der Waals surface area contributed by atoms with Crippen molar-refractivity contribution in [1.82, 2.24) is 5.32 Å². The first-order valence-corrected chi connectivity index (χ1v) is 7.31. The molecule has 110 valence electrons. The summed E-state index contributed by atoms with van der Waals surface area (Å²) in [5.41, 5.74) is 1.34. The SMILES string of the molecule is CCc1occc1C(=O)NCc1sccc1/C=C/C(=O)O. The first-order valence-electron chi connectivity index (χ1n) is 6.43. The number of hydrogen-bond donors (Lipinski definition) is 2. The summed E-state index contributed by atoms with van der Waals surface area (Å²) < 4.78 is 5.23. The van der Waals surface area contributed by atoms with Crippen molar-refractivity contribution in [3.05, 3.63) is 51.6 Å². The van der Waals surface area contributed by atoms with Crippen LogP contribution in [-0.2, 0) is 17.8 Å². The van der Waals surface area contributed by atoms with Crippen LogP contribution in [-0.4, -0.2) is 17.0 Å². The molecule has 0 radical (unpaired) electrons. The fourth-order valence-corrected chi connectivity index (χ4v) is 2.68. The lowest BCUT2D eigenvalue weighted by molar-refractivity contribution is -0.131. The molecule has 0 bridgehead atoms. The van der Waals surface area contributed by atoms with E-state index in [0.29, 0.717) is 24.3 Å². The smallest absolute Gasteiger partial charge is 0.328 e. The number of aryl methyl sites for hydroxylation is 1. The van der Waals surface area contributed by atoms with Gasteiger partial charge in [0, 0.05) is 17.4 Å². The highest BCUT2D eigenvalue weighted by Gasteiger charge is 2.13. The van der Waals surface area contributed by atoms with Gasteiger partial charge in [-0.1, -0.05) is 6.92 Å². The molecule has 0 fully saturated rings. The van der Waals surface area contributed by atoms with E-state index in [4.69, 9.17) is 9.52 Å². The maximum atomic E-state index is 12.1. The highest BCUT2D eigenvalue weighted by atomic mass is 32.1. The Balaban J connectivity index is 2.02. The number of aliphatic carboxylic acids is 1. The molecule has 2 heterocycles. The topological polar surface area (TPSA) is 79.5 Å². The molecule has 0 saturated carbocycles. The number of amides is 1. The lowest BCUT2D eigenvalue weighted by Gasteiger charge is -2.04. The van der Waals surface area contributed by atoms with Gasteiger partial charge in [-0.25, -0.2) is 4.79 Å². The van der Waals surface area contributed by atoms with E-state index in [0.717, 1.165) is 16.5 Å². The molecule has 21 heavy (non-hydrogen) atoms. The second kappa shape index (κ2) is 6.90. The van der Waals surface area contributed by atoms with Crippen molar-refractivity contribution in [2.45, 2.75) is 19.9 Å². The highest BCUT2D eigenvalue weighted by molar-refractivity contribution is 7.10.